The number of amidine groups is 1. The van der Waals surface area contributed by atoms with Crippen LogP contribution >= 0.6 is 0 Å². The SMILES string of the molecule is CC1OC2(NC(=N)c3cc(C(C)(C)C)ccc32)O1. The third-order valence-corrected chi connectivity index (χ3v) is 3.46. The Hall–Kier alpha value is -1.39. The van der Waals surface area contributed by atoms with Crippen molar-refractivity contribution in [2.24, 2.45) is 0 Å². The van der Waals surface area contributed by atoms with E-state index in [1.165, 1.54) is 5.56 Å². The summed E-state index contributed by atoms with van der Waals surface area (Å²) in [6, 6.07) is 6.13. The van der Waals surface area contributed by atoms with Crippen LogP contribution in [0.15, 0.2) is 18.2 Å². The van der Waals surface area contributed by atoms with Crippen LogP contribution in [0.25, 0.3) is 0 Å². The van der Waals surface area contributed by atoms with Crippen molar-refractivity contribution in [1.82, 2.24) is 5.32 Å². The molecule has 0 aromatic heterocycles. The zero-order valence-electron chi connectivity index (χ0n) is 11.1. The monoisotopic (exact) mass is 246 g/mol. The molecule has 2 N–H and O–H groups in total. The van der Waals surface area contributed by atoms with Gasteiger partial charge in [0.1, 0.15) is 5.84 Å². The molecule has 1 saturated heterocycles. The molecule has 1 fully saturated rings. The zero-order valence-corrected chi connectivity index (χ0v) is 11.1. The largest absolute Gasteiger partial charge is 0.315 e. The molecule has 1 aromatic carbocycles. The maximum Gasteiger partial charge on any atom is 0.284 e. The molecule has 4 heteroatoms. The summed E-state index contributed by atoms with van der Waals surface area (Å²) in [6.45, 7) is 8.33. The van der Waals surface area contributed by atoms with E-state index in [0.29, 0.717) is 5.84 Å². The zero-order chi connectivity index (χ0) is 13.1. The summed E-state index contributed by atoms with van der Waals surface area (Å²) in [6.07, 6.45) is -0.224. The molecule has 2 aliphatic rings. The Kier molecular flexibility index (Phi) is 2.17. The van der Waals surface area contributed by atoms with Gasteiger partial charge in [-0.3, -0.25) is 14.9 Å². The molecule has 18 heavy (non-hydrogen) atoms. The number of benzene rings is 1. The predicted molar refractivity (Wildman–Crippen MR) is 68.4 cm³/mol. The molecule has 0 atom stereocenters. The van der Waals surface area contributed by atoms with Gasteiger partial charge in [0.05, 0.1) is 0 Å². The van der Waals surface area contributed by atoms with Gasteiger partial charge in [0.25, 0.3) is 5.91 Å². The molecule has 0 unspecified atom stereocenters. The minimum atomic E-state index is -0.914. The summed E-state index contributed by atoms with van der Waals surface area (Å²) in [5.41, 5.74) is 3.05. The third kappa shape index (κ3) is 1.49. The number of fused-ring (bicyclic) bond motifs is 2. The maximum atomic E-state index is 8.02. The lowest BCUT2D eigenvalue weighted by Gasteiger charge is -2.43. The van der Waals surface area contributed by atoms with Gasteiger partial charge >= 0.3 is 0 Å². The molecule has 1 spiro atoms. The van der Waals surface area contributed by atoms with E-state index >= 15 is 0 Å². The van der Waals surface area contributed by atoms with Crippen LogP contribution in [0.2, 0.25) is 0 Å². The molecule has 0 saturated carbocycles. The van der Waals surface area contributed by atoms with E-state index in [1.54, 1.807) is 0 Å². The van der Waals surface area contributed by atoms with Gasteiger partial charge in [-0.2, -0.15) is 0 Å². The maximum absolute atomic E-state index is 8.02. The van der Waals surface area contributed by atoms with Crippen molar-refractivity contribution in [3.63, 3.8) is 0 Å². The molecule has 96 valence electrons. The van der Waals surface area contributed by atoms with Crippen LogP contribution in [-0.4, -0.2) is 12.1 Å². The van der Waals surface area contributed by atoms with E-state index in [0.717, 1.165) is 11.1 Å². The van der Waals surface area contributed by atoms with Crippen LogP contribution in [0.1, 0.15) is 44.4 Å². The van der Waals surface area contributed by atoms with Crippen molar-refractivity contribution in [2.75, 3.05) is 0 Å². The standard InChI is InChI=1S/C14H18N2O2/c1-8-17-14(18-8)11-6-5-9(13(2,3)4)7-10(11)12(15)16-14/h5-8H,1-4H3,(H2,15,16). The first-order valence-electron chi connectivity index (χ1n) is 6.20. The molecule has 2 heterocycles. The number of hydrogen-bond acceptors (Lipinski definition) is 3. The van der Waals surface area contributed by atoms with Crippen LogP contribution in [0, 0.1) is 5.41 Å². The third-order valence-electron chi connectivity index (χ3n) is 3.46. The molecular formula is C14H18N2O2. The molecule has 0 aliphatic carbocycles. The Morgan fingerprint density at radius 2 is 1.94 bits per heavy atom. The summed E-state index contributed by atoms with van der Waals surface area (Å²) >= 11 is 0. The first-order chi connectivity index (χ1) is 8.32. The smallest absolute Gasteiger partial charge is 0.284 e. The Morgan fingerprint density at radius 1 is 1.28 bits per heavy atom. The highest BCUT2D eigenvalue weighted by atomic mass is 16.9. The highest BCUT2D eigenvalue weighted by Crippen LogP contribution is 2.43. The molecule has 2 aliphatic heterocycles. The first kappa shape index (κ1) is 11.7. The minimum absolute atomic E-state index is 0.0691. The van der Waals surface area contributed by atoms with Gasteiger partial charge in [0.15, 0.2) is 6.29 Å². The van der Waals surface area contributed by atoms with Gasteiger partial charge in [0, 0.05) is 11.1 Å². The van der Waals surface area contributed by atoms with Crippen LogP contribution in [-0.2, 0) is 20.8 Å². The Balaban J connectivity index is 2.06. The number of ether oxygens (including phenoxy) is 2. The van der Waals surface area contributed by atoms with Crippen LogP contribution < -0.4 is 5.32 Å². The number of rotatable bonds is 0. The molecule has 0 amide bonds. The molecule has 0 radical (unpaired) electrons. The van der Waals surface area contributed by atoms with Crippen molar-refractivity contribution in [1.29, 1.82) is 5.41 Å². The minimum Gasteiger partial charge on any atom is -0.315 e. The van der Waals surface area contributed by atoms with Crippen molar-refractivity contribution in [3.8, 4) is 0 Å². The van der Waals surface area contributed by atoms with Crippen molar-refractivity contribution >= 4 is 5.84 Å². The average Bonchev–Trinajstić information content (AvgIpc) is 2.51. The van der Waals surface area contributed by atoms with Gasteiger partial charge in [-0.15, -0.1) is 0 Å². The van der Waals surface area contributed by atoms with Crippen LogP contribution in [0.4, 0.5) is 0 Å². The molecule has 1 aromatic rings. The normalized spacial score (nSPS) is 30.0. The van der Waals surface area contributed by atoms with E-state index in [-0.39, 0.29) is 11.7 Å². The van der Waals surface area contributed by atoms with Crippen LogP contribution in [0.3, 0.4) is 0 Å². The molecule has 3 rings (SSSR count). The number of hydrogen-bond donors (Lipinski definition) is 2. The van der Waals surface area contributed by atoms with Crippen molar-refractivity contribution in [2.45, 2.75) is 45.3 Å². The summed E-state index contributed by atoms with van der Waals surface area (Å²) in [5, 5.41) is 11.0. The molecule has 4 nitrogen and oxygen atoms in total. The Labute approximate surface area is 107 Å². The molecule has 0 bridgehead atoms. The fourth-order valence-electron chi connectivity index (χ4n) is 2.47. The van der Waals surface area contributed by atoms with E-state index in [9.17, 15) is 0 Å². The topological polar surface area (TPSA) is 54.3 Å². The Bertz CT molecular complexity index is 525. The lowest BCUT2D eigenvalue weighted by molar-refractivity contribution is -0.461. The van der Waals surface area contributed by atoms with Gasteiger partial charge in [0.2, 0.25) is 0 Å². The van der Waals surface area contributed by atoms with E-state index in [2.05, 4.69) is 38.2 Å². The first-order valence-corrected chi connectivity index (χ1v) is 6.20. The second-order valence-corrected chi connectivity index (χ2v) is 5.93. The summed E-state index contributed by atoms with van der Waals surface area (Å²) in [7, 11) is 0. The molecular weight excluding hydrogens is 228 g/mol. The average molecular weight is 246 g/mol. The van der Waals surface area contributed by atoms with E-state index in [4.69, 9.17) is 14.9 Å². The highest BCUT2D eigenvalue weighted by molar-refractivity contribution is 6.01. The number of nitrogens with one attached hydrogen (secondary N) is 2. The van der Waals surface area contributed by atoms with Crippen molar-refractivity contribution in [3.05, 3.63) is 34.9 Å². The van der Waals surface area contributed by atoms with Gasteiger partial charge in [-0.25, -0.2) is 0 Å². The van der Waals surface area contributed by atoms with Gasteiger partial charge < -0.3 is 5.32 Å². The summed E-state index contributed by atoms with van der Waals surface area (Å²) in [4.78, 5) is 0. The van der Waals surface area contributed by atoms with Crippen molar-refractivity contribution < 1.29 is 9.47 Å². The quantitative estimate of drug-likeness (QED) is 0.739. The summed E-state index contributed by atoms with van der Waals surface area (Å²) < 4.78 is 11.3. The lowest BCUT2D eigenvalue weighted by atomic mass is 9.85. The predicted octanol–water partition coefficient (Wildman–Crippen LogP) is 2.42. The lowest BCUT2D eigenvalue weighted by Crippen LogP contribution is -2.57. The van der Waals surface area contributed by atoms with Gasteiger partial charge in [-0.1, -0.05) is 32.9 Å². The summed E-state index contributed by atoms with van der Waals surface area (Å²) in [5.74, 6) is -0.551. The van der Waals surface area contributed by atoms with E-state index < -0.39 is 5.91 Å². The van der Waals surface area contributed by atoms with E-state index in [1.807, 2.05) is 13.0 Å². The highest BCUT2D eigenvalue weighted by Gasteiger charge is 2.53. The van der Waals surface area contributed by atoms with Crippen LogP contribution in [0.5, 0.6) is 0 Å². The van der Waals surface area contributed by atoms with Gasteiger partial charge in [-0.05, 0) is 24.0 Å². The Morgan fingerprint density at radius 3 is 2.50 bits per heavy atom. The second kappa shape index (κ2) is 3.33. The second-order valence-electron chi connectivity index (χ2n) is 5.93. The fraction of sp³-hybridized carbons (Fsp3) is 0.500. The fourth-order valence-corrected chi connectivity index (χ4v) is 2.47.